The predicted molar refractivity (Wildman–Crippen MR) is 62.7 cm³/mol. The molecule has 2 nitrogen and oxygen atoms in total. The van der Waals surface area contributed by atoms with Crippen LogP contribution in [0, 0.1) is 0 Å². The second kappa shape index (κ2) is 3.02. The highest BCUT2D eigenvalue weighted by Crippen LogP contribution is 2.27. The van der Waals surface area contributed by atoms with Crippen molar-refractivity contribution in [2.75, 3.05) is 0 Å². The van der Waals surface area contributed by atoms with Gasteiger partial charge in [0.2, 0.25) is 0 Å². The Morgan fingerprint density at radius 2 is 1.93 bits per heavy atom. The first-order chi connectivity index (χ1) is 7.36. The van der Waals surface area contributed by atoms with Gasteiger partial charge in [0.15, 0.2) is 0 Å². The first-order valence-corrected chi connectivity index (χ1v) is 5.04. The number of nitrogens with one attached hydrogen (secondary N) is 1. The molecule has 2 aromatic heterocycles. The molecule has 0 amide bonds. The van der Waals surface area contributed by atoms with Crippen LogP contribution < -0.4 is 0 Å². The number of benzene rings is 1. The molecule has 74 valence electrons. The molecule has 15 heavy (non-hydrogen) atoms. The molecule has 3 aromatic rings. The van der Waals surface area contributed by atoms with Gasteiger partial charge >= 0.3 is 0 Å². The molecule has 1 N–H and O–H groups in total. The number of H-pyrrole nitrogens is 1. The van der Waals surface area contributed by atoms with Crippen molar-refractivity contribution in [2.24, 2.45) is 7.05 Å². The summed E-state index contributed by atoms with van der Waals surface area (Å²) in [6, 6.07) is 12.6. The van der Waals surface area contributed by atoms with Crippen LogP contribution in [0.5, 0.6) is 0 Å². The van der Waals surface area contributed by atoms with Gasteiger partial charge < -0.3 is 9.55 Å². The van der Waals surface area contributed by atoms with Crippen LogP contribution in [0.1, 0.15) is 0 Å². The third-order valence-corrected chi connectivity index (χ3v) is 2.81. The minimum Gasteiger partial charge on any atom is -0.360 e. The number of rotatable bonds is 1. The summed E-state index contributed by atoms with van der Waals surface area (Å²) in [6.45, 7) is 0. The van der Waals surface area contributed by atoms with E-state index in [0.717, 1.165) is 0 Å². The van der Waals surface area contributed by atoms with Gasteiger partial charge in [-0.2, -0.15) is 0 Å². The van der Waals surface area contributed by atoms with Gasteiger partial charge in [0.1, 0.15) is 0 Å². The number of hydrogen-bond donors (Lipinski definition) is 1. The van der Waals surface area contributed by atoms with E-state index in [1.54, 1.807) is 0 Å². The van der Waals surface area contributed by atoms with Gasteiger partial charge in [-0.05, 0) is 18.2 Å². The van der Waals surface area contributed by atoms with E-state index in [9.17, 15) is 0 Å². The predicted octanol–water partition coefficient (Wildman–Crippen LogP) is 3.17. The van der Waals surface area contributed by atoms with Gasteiger partial charge in [0.05, 0.1) is 0 Å². The van der Waals surface area contributed by atoms with Crippen molar-refractivity contribution in [2.45, 2.75) is 0 Å². The summed E-state index contributed by atoms with van der Waals surface area (Å²) >= 11 is 0. The lowest BCUT2D eigenvalue weighted by Crippen LogP contribution is -1.87. The lowest BCUT2D eigenvalue weighted by Gasteiger charge is -2.00. The summed E-state index contributed by atoms with van der Waals surface area (Å²) in [7, 11) is 2.07. The van der Waals surface area contributed by atoms with Crippen LogP contribution in [0.15, 0.2) is 48.8 Å². The van der Waals surface area contributed by atoms with Crippen LogP contribution >= 0.6 is 0 Å². The zero-order valence-corrected chi connectivity index (χ0v) is 8.57. The van der Waals surface area contributed by atoms with Gasteiger partial charge in [-0.3, -0.25) is 0 Å². The molecule has 0 saturated heterocycles. The Kier molecular flexibility index (Phi) is 1.68. The van der Waals surface area contributed by atoms with Crippen LogP contribution in [0.4, 0.5) is 0 Å². The van der Waals surface area contributed by atoms with Crippen LogP contribution in [0.2, 0.25) is 0 Å². The largest absolute Gasteiger partial charge is 0.360 e. The molecule has 1 aromatic carbocycles. The molecular weight excluding hydrogens is 184 g/mol. The Morgan fingerprint density at radius 3 is 2.73 bits per heavy atom. The molecule has 0 bridgehead atoms. The molecule has 0 aliphatic carbocycles. The number of aromatic nitrogens is 2. The van der Waals surface area contributed by atoms with Crippen LogP contribution in [0.3, 0.4) is 0 Å². The fourth-order valence-electron chi connectivity index (χ4n) is 2.02. The molecule has 0 fully saturated rings. The van der Waals surface area contributed by atoms with Gasteiger partial charge in [0.25, 0.3) is 0 Å². The highest BCUT2D eigenvalue weighted by Gasteiger charge is 2.06. The SMILES string of the molecule is Cn1cccc1-c1c[nH]c2ccccc12. The topological polar surface area (TPSA) is 20.7 Å². The standard InChI is InChI=1S/C13H12N2/c1-15-8-4-7-13(15)11-9-14-12-6-3-2-5-10(11)12/h2-9,14H,1H3. The number of para-hydroxylation sites is 1. The van der Waals surface area contributed by atoms with E-state index in [4.69, 9.17) is 0 Å². The van der Waals surface area contributed by atoms with Crippen LogP contribution in [0.25, 0.3) is 22.2 Å². The number of fused-ring (bicyclic) bond motifs is 1. The molecule has 0 unspecified atom stereocenters. The van der Waals surface area contributed by atoms with E-state index >= 15 is 0 Å². The Hall–Kier alpha value is -1.96. The van der Waals surface area contributed by atoms with Crippen molar-refractivity contribution in [3.63, 3.8) is 0 Å². The minimum absolute atomic E-state index is 1.19. The summed E-state index contributed by atoms with van der Waals surface area (Å²) in [5.74, 6) is 0. The Bertz CT molecular complexity index is 602. The number of aryl methyl sites for hydroxylation is 1. The fourth-order valence-corrected chi connectivity index (χ4v) is 2.02. The second-order valence-corrected chi connectivity index (χ2v) is 3.75. The fraction of sp³-hybridized carbons (Fsp3) is 0.0769. The maximum absolute atomic E-state index is 3.29. The first kappa shape index (κ1) is 8.36. The monoisotopic (exact) mass is 196 g/mol. The Balaban J connectivity index is 2.32. The molecule has 2 heteroatoms. The van der Waals surface area contributed by atoms with E-state index in [1.165, 1.54) is 22.2 Å². The lowest BCUT2D eigenvalue weighted by atomic mass is 10.1. The van der Waals surface area contributed by atoms with Crippen LogP contribution in [-0.4, -0.2) is 9.55 Å². The highest BCUT2D eigenvalue weighted by molar-refractivity contribution is 5.94. The van der Waals surface area contributed by atoms with Crippen molar-refractivity contribution >= 4 is 10.9 Å². The molecule has 0 aliphatic rings. The Morgan fingerprint density at radius 1 is 1.07 bits per heavy atom. The maximum atomic E-state index is 3.29. The van der Waals surface area contributed by atoms with E-state index in [-0.39, 0.29) is 0 Å². The zero-order valence-electron chi connectivity index (χ0n) is 8.57. The van der Waals surface area contributed by atoms with E-state index in [0.29, 0.717) is 0 Å². The van der Waals surface area contributed by atoms with Gasteiger partial charge in [-0.25, -0.2) is 0 Å². The number of hydrogen-bond acceptors (Lipinski definition) is 0. The lowest BCUT2D eigenvalue weighted by molar-refractivity contribution is 0.938. The quantitative estimate of drug-likeness (QED) is 0.617. The van der Waals surface area contributed by atoms with E-state index in [1.807, 2.05) is 6.07 Å². The molecule has 0 spiro atoms. The molecule has 0 atom stereocenters. The molecule has 2 heterocycles. The molecular formula is C13H12N2. The normalized spacial score (nSPS) is 11.0. The maximum Gasteiger partial charge on any atom is 0.0499 e. The summed E-state index contributed by atoms with van der Waals surface area (Å²) in [5, 5.41) is 1.28. The summed E-state index contributed by atoms with van der Waals surface area (Å²) in [4.78, 5) is 3.29. The average Bonchev–Trinajstić information content (AvgIpc) is 2.83. The molecule has 0 saturated carbocycles. The van der Waals surface area contributed by atoms with Gasteiger partial charge in [0, 0.05) is 41.6 Å². The number of aromatic amines is 1. The van der Waals surface area contributed by atoms with Crippen molar-refractivity contribution in [3.8, 4) is 11.3 Å². The average molecular weight is 196 g/mol. The van der Waals surface area contributed by atoms with Crippen molar-refractivity contribution < 1.29 is 0 Å². The smallest absolute Gasteiger partial charge is 0.0499 e. The molecule has 0 aliphatic heterocycles. The van der Waals surface area contributed by atoms with Crippen LogP contribution in [-0.2, 0) is 7.05 Å². The first-order valence-electron chi connectivity index (χ1n) is 5.04. The van der Waals surface area contributed by atoms with E-state index < -0.39 is 0 Å². The highest BCUT2D eigenvalue weighted by atomic mass is 14.9. The van der Waals surface area contributed by atoms with Gasteiger partial charge in [-0.1, -0.05) is 18.2 Å². The summed E-state index contributed by atoms with van der Waals surface area (Å²) in [6.07, 6.45) is 4.14. The third kappa shape index (κ3) is 1.18. The Labute approximate surface area is 88.2 Å². The van der Waals surface area contributed by atoms with E-state index in [2.05, 4.69) is 59.3 Å². The van der Waals surface area contributed by atoms with Gasteiger partial charge in [-0.15, -0.1) is 0 Å². The summed E-state index contributed by atoms with van der Waals surface area (Å²) < 4.78 is 2.13. The molecule has 0 radical (unpaired) electrons. The third-order valence-electron chi connectivity index (χ3n) is 2.81. The second-order valence-electron chi connectivity index (χ2n) is 3.75. The molecule has 3 rings (SSSR count). The zero-order chi connectivity index (χ0) is 10.3. The minimum atomic E-state index is 1.19. The van der Waals surface area contributed by atoms with Crippen molar-refractivity contribution in [1.29, 1.82) is 0 Å². The van der Waals surface area contributed by atoms with Crippen molar-refractivity contribution in [3.05, 3.63) is 48.8 Å². The van der Waals surface area contributed by atoms with Crippen molar-refractivity contribution in [1.82, 2.24) is 9.55 Å². The number of nitrogens with zero attached hydrogens (tertiary/aromatic N) is 1. The summed E-state index contributed by atoms with van der Waals surface area (Å²) in [5.41, 5.74) is 3.69.